The molecule has 4 nitrogen and oxygen atoms in total. The molecule has 2 fully saturated rings. The van der Waals surface area contributed by atoms with Gasteiger partial charge in [-0.1, -0.05) is 42.1 Å². The molecular weight excluding hydrogens is 359 g/mol. The van der Waals surface area contributed by atoms with E-state index in [0.29, 0.717) is 21.8 Å². The van der Waals surface area contributed by atoms with E-state index in [1.807, 2.05) is 11.9 Å². The largest absolute Gasteiger partial charge is 0.482 e. The fourth-order valence-electron chi connectivity index (χ4n) is 4.06. The molecule has 0 N–H and O–H groups in total. The van der Waals surface area contributed by atoms with E-state index in [2.05, 4.69) is 4.90 Å². The van der Waals surface area contributed by atoms with Crippen LogP contribution in [-0.4, -0.2) is 54.5 Å². The maximum atomic E-state index is 12.7. The Morgan fingerprint density at radius 3 is 2.68 bits per heavy atom. The molecule has 1 saturated carbocycles. The molecule has 1 unspecified atom stereocenters. The van der Waals surface area contributed by atoms with Crippen molar-refractivity contribution in [2.24, 2.45) is 0 Å². The van der Waals surface area contributed by atoms with Crippen molar-refractivity contribution < 1.29 is 9.53 Å². The number of likely N-dealkylation sites (tertiary alicyclic amines) is 1. The lowest BCUT2D eigenvalue weighted by molar-refractivity contribution is -0.136. The lowest BCUT2D eigenvalue weighted by atomic mass is 9.88. The Hall–Kier alpha value is -0.970. The standard InChI is InChI=1S/C19H26Cl2N2O2/c1-22(15-8-2-3-9-16(15)23-11-4-5-12-23)18(24)13-25-17-10-6-7-14(20)19(17)21/h6-7,10,15-16H,2-5,8-9,11-13H2,1H3/t15?,16-/m0/s1. The van der Waals surface area contributed by atoms with Crippen molar-refractivity contribution in [3.05, 3.63) is 28.2 Å². The van der Waals surface area contributed by atoms with Crippen LogP contribution in [0.4, 0.5) is 0 Å². The number of amides is 1. The summed E-state index contributed by atoms with van der Waals surface area (Å²) in [5.41, 5.74) is 0. The second kappa shape index (κ2) is 8.61. The van der Waals surface area contributed by atoms with E-state index in [1.54, 1.807) is 18.2 Å². The van der Waals surface area contributed by atoms with Crippen LogP contribution in [0, 0.1) is 0 Å². The van der Waals surface area contributed by atoms with Gasteiger partial charge >= 0.3 is 0 Å². The Kier molecular flexibility index (Phi) is 6.48. The summed E-state index contributed by atoms with van der Waals surface area (Å²) < 4.78 is 5.63. The van der Waals surface area contributed by atoms with E-state index in [9.17, 15) is 4.79 Å². The Morgan fingerprint density at radius 2 is 1.92 bits per heavy atom. The van der Waals surface area contributed by atoms with Crippen LogP contribution in [-0.2, 0) is 4.79 Å². The van der Waals surface area contributed by atoms with E-state index >= 15 is 0 Å². The van der Waals surface area contributed by atoms with Gasteiger partial charge in [-0.15, -0.1) is 0 Å². The fourth-order valence-corrected chi connectivity index (χ4v) is 4.41. The smallest absolute Gasteiger partial charge is 0.260 e. The average Bonchev–Trinajstić information content (AvgIpc) is 3.16. The molecule has 1 aromatic carbocycles. The second-order valence-corrected chi connectivity index (χ2v) is 7.79. The van der Waals surface area contributed by atoms with E-state index in [-0.39, 0.29) is 18.6 Å². The number of carbonyl (C=O) groups excluding carboxylic acids is 1. The summed E-state index contributed by atoms with van der Waals surface area (Å²) in [6, 6.07) is 5.96. The van der Waals surface area contributed by atoms with Crippen LogP contribution in [0.5, 0.6) is 5.75 Å². The second-order valence-electron chi connectivity index (χ2n) is 7.01. The average molecular weight is 385 g/mol. The zero-order chi connectivity index (χ0) is 17.8. The minimum atomic E-state index is -0.0141. The Labute approximate surface area is 160 Å². The van der Waals surface area contributed by atoms with Crippen molar-refractivity contribution in [1.29, 1.82) is 0 Å². The topological polar surface area (TPSA) is 32.8 Å². The predicted octanol–water partition coefficient (Wildman–Crippen LogP) is 4.24. The zero-order valence-electron chi connectivity index (χ0n) is 14.7. The van der Waals surface area contributed by atoms with Gasteiger partial charge in [0.15, 0.2) is 6.61 Å². The first-order valence-corrected chi connectivity index (χ1v) is 9.90. The van der Waals surface area contributed by atoms with Gasteiger partial charge in [-0.25, -0.2) is 0 Å². The highest BCUT2D eigenvalue weighted by atomic mass is 35.5. The third-order valence-corrected chi connectivity index (χ3v) is 6.26. The van der Waals surface area contributed by atoms with Gasteiger partial charge in [-0.3, -0.25) is 9.69 Å². The van der Waals surface area contributed by atoms with Gasteiger partial charge in [0, 0.05) is 19.1 Å². The first kappa shape index (κ1) is 18.8. The van der Waals surface area contributed by atoms with Crippen LogP contribution in [0.2, 0.25) is 10.0 Å². The molecule has 6 heteroatoms. The molecule has 0 bridgehead atoms. The number of nitrogens with zero attached hydrogens (tertiary/aromatic N) is 2. The van der Waals surface area contributed by atoms with E-state index < -0.39 is 0 Å². The van der Waals surface area contributed by atoms with E-state index in [1.165, 1.54) is 32.1 Å². The van der Waals surface area contributed by atoms with Crippen LogP contribution in [0.1, 0.15) is 38.5 Å². The van der Waals surface area contributed by atoms with Crippen molar-refractivity contribution in [2.75, 3.05) is 26.7 Å². The summed E-state index contributed by atoms with van der Waals surface area (Å²) in [7, 11) is 1.91. The molecule has 1 saturated heterocycles. The van der Waals surface area contributed by atoms with Gasteiger partial charge in [0.05, 0.1) is 5.02 Å². The van der Waals surface area contributed by atoms with Gasteiger partial charge in [-0.2, -0.15) is 0 Å². The number of hydrogen-bond acceptors (Lipinski definition) is 3. The lowest BCUT2D eigenvalue weighted by Crippen LogP contribution is -2.53. The molecule has 2 atom stereocenters. The first-order chi connectivity index (χ1) is 12.1. The minimum Gasteiger partial charge on any atom is -0.482 e. The highest BCUT2D eigenvalue weighted by molar-refractivity contribution is 6.42. The maximum Gasteiger partial charge on any atom is 0.260 e. The van der Waals surface area contributed by atoms with Crippen LogP contribution < -0.4 is 4.74 Å². The first-order valence-electron chi connectivity index (χ1n) is 9.14. The molecule has 1 amide bonds. The summed E-state index contributed by atoms with van der Waals surface area (Å²) in [5, 5.41) is 0.786. The molecule has 2 aliphatic rings. The van der Waals surface area contributed by atoms with Crippen LogP contribution in [0.25, 0.3) is 0 Å². The Morgan fingerprint density at radius 1 is 1.20 bits per heavy atom. The van der Waals surface area contributed by atoms with Gasteiger partial charge < -0.3 is 9.64 Å². The third-order valence-electron chi connectivity index (χ3n) is 5.46. The zero-order valence-corrected chi connectivity index (χ0v) is 16.2. The number of halogens is 2. The SMILES string of the molecule is CN(C(=O)COc1cccc(Cl)c1Cl)C1CCCC[C@@H]1N1CCCC1. The quantitative estimate of drug-likeness (QED) is 0.760. The van der Waals surface area contributed by atoms with Crippen LogP contribution in [0.15, 0.2) is 18.2 Å². The number of hydrogen-bond donors (Lipinski definition) is 0. The van der Waals surface area contributed by atoms with Crippen LogP contribution >= 0.6 is 23.2 Å². The van der Waals surface area contributed by atoms with Crippen molar-refractivity contribution in [1.82, 2.24) is 9.80 Å². The highest BCUT2D eigenvalue weighted by Crippen LogP contribution is 2.32. The molecule has 1 aliphatic carbocycles. The van der Waals surface area contributed by atoms with Crippen LogP contribution in [0.3, 0.4) is 0 Å². The number of benzene rings is 1. The molecule has 138 valence electrons. The van der Waals surface area contributed by atoms with Crippen molar-refractivity contribution in [3.63, 3.8) is 0 Å². The monoisotopic (exact) mass is 384 g/mol. The van der Waals surface area contributed by atoms with Gasteiger partial charge in [0.2, 0.25) is 0 Å². The predicted molar refractivity (Wildman–Crippen MR) is 102 cm³/mol. The molecule has 0 aromatic heterocycles. The molecule has 0 spiro atoms. The number of carbonyl (C=O) groups is 1. The van der Waals surface area contributed by atoms with Gasteiger partial charge in [0.1, 0.15) is 10.8 Å². The molecule has 3 rings (SSSR count). The normalized spacial score (nSPS) is 24.3. The van der Waals surface area contributed by atoms with Gasteiger partial charge in [-0.05, 0) is 50.9 Å². The fraction of sp³-hybridized carbons (Fsp3) is 0.632. The summed E-state index contributed by atoms with van der Waals surface area (Å²) in [4.78, 5) is 17.1. The van der Waals surface area contributed by atoms with Crippen molar-refractivity contribution in [2.45, 2.75) is 50.6 Å². The minimum absolute atomic E-state index is 0.00728. The molecule has 1 aliphatic heterocycles. The highest BCUT2D eigenvalue weighted by Gasteiger charge is 2.35. The molecule has 25 heavy (non-hydrogen) atoms. The number of ether oxygens (including phenoxy) is 1. The van der Waals surface area contributed by atoms with Gasteiger partial charge in [0.25, 0.3) is 5.91 Å². The molecule has 1 aromatic rings. The number of likely N-dealkylation sites (N-methyl/N-ethyl adjacent to an activating group) is 1. The molecule has 0 radical (unpaired) electrons. The lowest BCUT2D eigenvalue weighted by Gasteiger charge is -2.42. The summed E-state index contributed by atoms with van der Waals surface area (Å²) >= 11 is 12.1. The third kappa shape index (κ3) is 4.42. The van der Waals surface area contributed by atoms with Crippen molar-refractivity contribution >= 4 is 29.1 Å². The Balaban J connectivity index is 1.61. The molecule has 1 heterocycles. The molecular formula is C19H26Cl2N2O2. The van der Waals surface area contributed by atoms with E-state index in [4.69, 9.17) is 27.9 Å². The van der Waals surface area contributed by atoms with E-state index in [0.717, 1.165) is 19.5 Å². The summed E-state index contributed by atoms with van der Waals surface area (Å²) in [6.07, 6.45) is 7.25. The number of rotatable bonds is 5. The Bertz CT molecular complexity index is 605. The maximum absolute atomic E-state index is 12.7. The summed E-state index contributed by atoms with van der Waals surface area (Å²) in [5.74, 6) is 0.447. The summed E-state index contributed by atoms with van der Waals surface area (Å²) in [6.45, 7) is 2.31. The van der Waals surface area contributed by atoms with Crippen molar-refractivity contribution in [3.8, 4) is 5.75 Å².